The molecule has 1 aliphatic rings. The molecule has 2 nitrogen and oxygen atoms in total. The van der Waals surface area contributed by atoms with Gasteiger partial charge >= 0.3 is 0 Å². The summed E-state index contributed by atoms with van der Waals surface area (Å²) < 4.78 is 0. The normalized spacial score (nSPS) is 21.6. The maximum Gasteiger partial charge on any atom is 0.102 e. The van der Waals surface area contributed by atoms with Gasteiger partial charge in [-0.15, -0.1) is 0 Å². The monoisotopic (exact) mass is 238 g/mol. The molecular formula is C15H30N2. The molecule has 1 aliphatic heterocycles. The van der Waals surface area contributed by atoms with Gasteiger partial charge in [0.2, 0.25) is 0 Å². The Balaban J connectivity index is 1.94. The zero-order chi connectivity index (χ0) is 12.3. The Labute approximate surface area is 107 Å². The molecule has 1 N–H and O–H groups in total. The molecule has 0 aromatic heterocycles. The lowest BCUT2D eigenvalue weighted by atomic mass is 9.98. The summed E-state index contributed by atoms with van der Waals surface area (Å²) in [5, 5.41) is 3.49. The second kappa shape index (κ2) is 9.64. The molecule has 2 unspecified atom stereocenters. The van der Waals surface area contributed by atoms with E-state index in [-0.39, 0.29) is 0 Å². The van der Waals surface area contributed by atoms with Crippen LogP contribution >= 0.6 is 0 Å². The first kappa shape index (κ1) is 14.7. The summed E-state index contributed by atoms with van der Waals surface area (Å²) in [6, 6.07) is 0. The van der Waals surface area contributed by atoms with Crippen molar-refractivity contribution in [2.75, 3.05) is 6.54 Å². The third-order valence-corrected chi connectivity index (χ3v) is 3.69. The van der Waals surface area contributed by atoms with E-state index in [0.717, 1.165) is 13.0 Å². The van der Waals surface area contributed by atoms with Crippen LogP contribution in [0.15, 0.2) is 4.99 Å². The molecule has 0 bridgehead atoms. The molecule has 2 atom stereocenters. The van der Waals surface area contributed by atoms with E-state index in [2.05, 4.69) is 30.4 Å². The van der Waals surface area contributed by atoms with Crippen molar-refractivity contribution in [3.8, 4) is 0 Å². The SMILES string of the molecule is CCCCCCCCCC(C)C1N=CCCN1. The number of hydrogen-bond acceptors (Lipinski definition) is 2. The molecule has 0 aliphatic carbocycles. The molecule has 0 radical (unpaired) electrons. The fourth-order valence-electron chi connectivity index (χ4n) is 2.47. The van der Waals surface area contributed by atoms with Gasteiger partial charge in [0.15, 0.2) is 0 Å². The van der Waals surface area contributed by atoms with Gasteiger partial charge in [0, 0.05) is 12.8 Å². The quantitative estimate of drug-likeness (QED) is 0.599. The average molecular weight is 238 g/mol. The Morgan fingerprint density at radius 1 is 1.18 bits per heavy atom. The number of rotatable bonds is 9. The molecule has 0 aromatic carbocycles. The third-order valence-electron chi connectivity index (χ3n) is 3.69. The topological polar surface area (TPSA) is 24.4 Å². The molecule has 1 heterocycles. The molecule has 17 heavy (non-hydrogen) atoms. The fraction of sp³-hybridized carbons (Fsp3) is 0.933. The van der Waals surface area contributed by atoms with Crippen LogP contribution in [0, 0.1) is 5.92 Å². The van der Waals surface area contributed by atoms with Crippen LogP contribution in [0.5, 0.6) is 0 Å². The number of aliphatic imine (C=N–C) groups is 1. The number of nitrogens with one attached hydrogen (secondary N) is 1. The van der Waals surface area contributed by atoms with Crippen LogP contribution in [0.4, 0.5) is 0 Å². The molecule has 0 saturated heterocycles. The van der Waals surface area contributed by atoms with Crippen molar-refractivity contribution >= 4 is 6.21 Å². The second-order valence-corrected chi connectivity index (χ2v) is 5.41. The van der Waals surface area contributed by atoms with E-state index in [9.17, 15) is 0 Å². The highest BCUT2D eigenvalue weighted by molar-refractivity contribution is 5.58. The lowest BCUT2D eigenvalue weighted by Gasteiger charge is -2.24. The summed E-state index contributed by atoms with van der Waals surface area (Å²) in [7, 11) is 0. The van der Waals surface area contributed by atoms with Gasteiger partial charge < -0.3 is 0 Å². The lowest BCUT2D eigenvalue weighted by molar-refractivity contribution is 0.351. The molecule has 0 spiro atoms. The average Bonchev–Trinajstić information content (AvgIpc) is 2.38. The molecule has 2 heteroatoms. The van der Waals surface area contributed by atoms with Crippen molar-refractivity contribution in [3.63, 3.8) is 0 Å². The van der Waals surface area contributed by atoms with Crippen LogP contribution in [0.1, 0.15) is 71.6 Å². The molecule has 0 saturated carbocycles. The first-order chi connectivity index (χ1) is 8.34. The first-order valence-corrected chi connectivity index (χ1v) is 7.59. The van der Waals surface area contributed by atoms with E-state index in [1.54, 1.807) is 0 Å². The van der Waals surface area contributed by atoms with Crippen molar-refractivity contribution < 1.29 is 0 Å². The summed E-state index contributed by atoms with van der Waals surface area (Å²) in [6.45, 7) is 5.71. The van der Waals surface area contributed by atoms with Crippen molar-refractivity contribution in [2.24, 2.45) is 10.9 Å². The zero-order valence-corrected chi connectivity index (χ0v) is 11.8. The van der Waals surface area contributed by atoms with E-state index in [0.29, 0.717) is 12.1 Å². The fourth-order valence-corrected chi connectivity index (χ4v) is 2.47. The first-order valence-electron chi connectivity index (χ1n) is 7.59. The van der Waals surface area contributed by atoms with Crippen molar-refractivity contribution in [1.29, 1.82) is 0 Å². The third kappa shape index (κ3) is 6.82. The van der Waals surface area contributed by atoms with E-state index in [4.69, 9.17) is 0 Å². The number of hydrogen-bond donors (Lipinski definition) is 1. The van der Waals surface area contributed by atoms with Gasteiger partial charge in [-0.1, -0.05) is 58.8 Å². The van der Waals surface area contributed by atoms with Gasteiger partial charge in [-0.3, -0.25) is 10.3 Å². The van der Waals surface area contributed by atoms with E-state index in [1.165, 1.54) is 51.4 Å². The van der Waals surface area contributed by atoms with Crippen LogP contribution in [0.25, 0.3) is 0 Å². The van der Waals surface area contributed by atoms with Crippen LogP contribution < -0.4 is 5.32 Å². The molecular weight excluding hydrogens is 208 g/mol. The highest BCUT2D eigenvalue weighted by Crippen LogP contribution is 2.16. The van der Waals surface area contributed by atoms with E-state index >= 15 is 0 Å². The minimum atomic E-state index is 0.392. The second-order valence-electron chi connectivity index (χ2n) is 5.41. The predicted octanol–water partition coefficient (Wildman–Crippen LogP) is 4.15. The molecule has 0 amide bonds. The Kier molecular flexibility index (Phi) is 8.33. The van der Waals surface area contributed by atoms with Gasteiger partial charge in [0.1, 0.15) is 6.17 Å². The standard InChI is InChI=1S/C15H30N2/c1-3-4-5-6-7-8-9-11-14(2)15-16-12-10-13-17-15/h12,14-15,17H,3-11,13H2,1-2H3. The maximum atomic E-state index is 4.53. The lowest BCUT2D eigenvalue weighted by Crippen LogP contribution is -2.37. The number of unbranched alkanes of at least 4 members (excludes halogenated alkanes) is 6. The largest absolute Gasteiger partial charge is 0.295 e. The van der Waals surface area contributed by atoms with Crippen LogP contribution in [0.3, 0.4) is 0 Å². The van der Waals surface area contributed by atoms with Gasteiger partial charge in [-0.25, -0.2) is 0 Å². The summed E-state index contributed by atoms with van der Waals surface area (Å²) in [5.41, 5.74) is 0. The van der Waals surface area contributed by atoms with Crippen molar-refractivity contribution in [3.05, 3.63) is 0 Å². The summed E-state index contributed by atoms with van der Waals surface area (Å²) in [5.74, 6) is 0.696. The summed E-state index contributed by atoms with van der Waals surface area (Å²) >= 11 is 0. The van der Waals surface area contributed by atoms with Crippen LogP contribution in [0.2, 0.25) is 0 Å². The summed E-state index contributed by atoms with van der Waals surface area (Å²) in [4.78, 5) is 4.53. The van der Waals surface area contributed by atoms with Gasteiger partial charge in [0.05, 0.1) is 0 Å². The van der Waals surface area contributed by atoms with E-state index in [1.807, 2.05) is 0 Å². The molecule has 0 fully saturated rings. The Morgan fingerprint density at radius 2 is 1.88 bits per heavy atom. The number of nitrogens with zero attached hydrogens (tertiary/aromatic N) is 1. The van der Waals surface area contributed by atoms with Crippen molar-refractivity contribution in [2.45, 2.75) is 77.8 Å². The Bertz CT molecular complexity index is 201. The van der Waals surface area contributed by atoms with E-state index < -0.39 is 0 Å². The smallest absolute Gasteiger partial charge is 0.102 e. The minimum Gasteiger partial charge on any atom is -0.295 e. The van der Waals surface area contributed by atoms with Crippen LogP contribution in [-0.2, 0) is 0 Å². The van der Waals surface area contributed by atoms with Gasteiger partial charge in [-0.05, 0) is 18.8 Å². The van der Waals surface area contributed by atoms with Crippen LogP contribution in [-0.4, -0.2) is 18.9 Å². The Hall–Kier alpha value is -0.370. The predicted molar refractivity (Wildman–Crippen MR) is 76.7 cm³/mol. The summed E-state index contributed by atoms with van der Waals surface area (Å²) in [6.07, 6.45) is 14.7. The molecule has 1 rings (SSSR count). The maximum absolute atomic E-state index is 4.53. The highest BCUT2D eigenvalue weighted by Gasteiger charge is 2.16. The minimum absolute atomic E-state index is 0.392. The zero-order valence-electron chi connectivity index (χ0n) is 11.8. The van der Waals surface area contributed by atoms with Crippen molar-refractivity contribution in [1.82, 2.24) is 5.32 Å². The molecule has 0 aromatic rings. The van der Waals surface area contributed by atoms with Gasteiger partial charge in [-0.2, -0.15) is 0 Å². The molecule has 100 valence electrons. The highest BCUT2D eigenvalue weighted by atomic mass is 15.1. The van der Waals surface area contributed by atoms with Gasteiger partial charge in [0.25, 0.3) is 0 Å². The Morgan fingerprint density at radius 3 is 2.53 bits per heavy atom.